The van der Waals surface area contributed by atoms with Crippen LogP contribution in [0.5, 0.6) is 0 Å². The third-order valence-corrected chi connectivity index (χ3v) is 3.72. The summed E-state index contributed by atoms with van der Waals surface area (Å²) in [5.41, 5.74) is 4.74. The summed E-state index contributed by atoms with van der Waals surface area (Å²) in [5.74, 6) is -0.329. The molecule has 0 radical (unpaired) electrons. The zero-order valence-electron chi connectivity index (χ0n) is 11.8. The average molecular weight is 256 g/mol. The average Bonchev–Trinajstić information content (AvgIpc) is 2.62. The van der Waals surface area contributed by atoms with E-state index in [2.05, 4.69) is 12.2 Å². The van der Waals surface area contributed by atoms with Gasteiger partial charge in [-0.05, 0) is 32.7 Å². The Balaban J connectivity index is 2.42. The highest BCUT2D eigenvalue weighted by atomic mass is 16.5. The van der Waals surface area contributed by atoms with Crippen molar-refractivity contribution in [2.24, 2.45) is 5.73 Å². The number of nitrogens with two attached hydrogens (primary N) is 1. The van der Waals surface area contributed by atoms with Crippen LogP contribution in [0.4, 0.5) is 0 Å². The van der Waals surface area contributed by atoms with Gasteiger partial charge in [0.25, 0.3) is 0 Å². The van der Waals surface area contributed by atoms with Gasteiger partial charge in [0.2, 0.25) is 5.91 Å². The fourth-order valence-electron chi connectivity index (χ4n) is 2.30. The Hall–Kier alpha value is -0.610. The lowest BCUT2D eigenvalue weighted by Crippen LogP contribution is -2.57. The third kappa shape index (κ3) is 4.94. The molecule has 1 saturated carbocycles. The van der Waals surface area contributed by atoms with Gasteiger partial charge in [0.05, 0.1) is 12.7 Å². The monoisotopic (exact) mass is 256 g/mol. The number of carbonyl (C=O) groups is 1. The molecule has 0 aliphatic heterocycles. The molecule has 4 heteroatoms. The Bertz CT molecular complexity index is 250. The largest absolute Gasteiger partial charge is 0.376 e. The Morgan fingerprint density at radius 2 is 1.94 bits per heavy atom. The molecule has 1 amide bonds. The molecule has 0 saturated heterocycles. The van der Waals surface area contributed by atoms with Gasteiger partial charge in [-0.1, -0.05) is 32.6 Å². The van der Waals surface area contributed by atoms with Crippen molar-refractivity contribution in [3.05, 3.63) is 0 Å². The van der Waals surface area contributed by atoms with Crippen molar-refractivity contribution in [2.45, 2.75) is 70.4 Å². The Kier molecular flexibility index (Phi) is 6.65. The molecule has 1 atom stereocenters. The highest BCUT2D eigenvalue weighted by Gasteiger charge is 2.31. The lowest BCUT2D eigenvalue weighted by molar-refractivity contribution is -0.127. The lowest BCUT2D eigenvalue weighted by Gasteiger charge is -2.29. The number of rotatable bonds is 7. The standard InChI is InChI=1S/C14H28N2O2/c1-3-10-16-14(2,13(15)17)11-18-12-8-6-4-5-7-9-12/h12,16H,3-11H2,1-2H3,(H2,15,17). The van der Waals surface area contributed by atoms with Crippen LogP contribution in [0.1, 0.15) is 58.8 Å². The van der Waals surface area contributed by atoms with Gasteiger partial charge in [-0.25, -0.2) is 0 Å². The topological polar surface area (TPSA) is 64.3 Å². The van der Waals surface area contributed by atoms with E-state index in [1.165, 1.54) is 25.7 Å². The van der Waals surface area contributed by atoms with Crippen molar-refractivity contribution < 1.29 is 9.53 Å². The molecule has 1 unspecified atom stereocenters. The van der Waals surface area contributed by atoms with Crippen LogP contribution in [0, 0.1) is 0 Å². The molecule has 3 N–H and O–H groups in total. The van der Waals surface area contributed by atoms with Crippen LogP contribution in [0.3, 0.4) is 0 Å². The van der Waals surface area contributed by atoms with E-state index in [0.29, 0.717) is 12.7 Å². The zero-order valence-corrected chi connectivity index (χ0v) is 11.8. The van der Waals surface area contributed by atoms with Gasteiger partial charge in [-0.3, -0.25) is 4.79 Å². The van der Waals surface area contributed by atoms with Crippen LogP contribution in [-0.2, 0) is 9.53 Å². The molecular weight excluding hydrogens is 228 g/mol. The number of hydrogen-bond acceptors (Lipinski definition) is 3. The van der Waals surface area contributed by atoms with Crippen molar-refractivity contribution >= 4 is 5.91 Å². The van der Waals surface area contributed by atoms with E-state index in [1.54, 1.807) is 0 Å². The molecule has 0 heterocycles. The molecule has 1 aliphatic rings. The molecule has 0 aromatic rings. The summed E-state index contributed by atoms with van der Waals surface area (Å²) in [6, 6.07) is 0. The first-order valence-electron chi connectivity index (χ1n) is 7.25. The molecule has 4 nitrogen and oxygen atoms in total. The second kappa shape index (κ2) is 7.74. The fourth-order valence-corrected chi connectivity index (χ4v) is 2.30. The number of primary amides is 1. The van der Waals surface area contributed by atoms with Crippen molar-refractivity contribution in [2.75, 3.05) is 13.2 Å². The van der Waals surface area contributed by atoms with Crippen LogP contribution >= 0.6 is 0 Å². The highest BCUT2D eigenvalue weighted by molar-refractivity contribution is 5.84. The molecule has 1 fully saturated rings. The maximum atomic E-state index is 11.5. The van der Waals surface area contributed by atoms with Gasteiger partial charge in [-0.2, -0.15) is 0 Å². The molecule has 1 rings (SSSR count). The lowest BCUT2D eigenvalue weighted by atomic mass is 10.0. The fraction of sp³-hybridized carbons (Fsp3) is 0.929. The second-order valence-corrected chi connectivity index (χ2v) is 5.55. The predicted molar refractivity (Wildman–Crippen MR) is 73.3 cm³/mol. The van der Waals surface area contributed by atoms with Crippen LogP contribution < -0.4 is 11.1 Å². The van der Waals surface area contributed by atoms with Crippen molar-refractivity contribution in [3.63, 3.8) is 0 Å². The van der Waals surface area contributed by atoms with Gasteiger partial charge in [0.1, 0.15) is 5.54 Å². The van der Waals surface area contributed by atoms with Gasteiger partial charge < -0.3 is 15.8 Å². The van der Waals surface area contributed by atoms with E-state index in [0.717, 1.165) is 25.8 Å². The maximum Gasteiger partial charge on any atom is 0.239 e. The first-order chi connectivity index (χ1) is 8.58. The predicted octanol–water partition coefficient (Wildman–Crippen LogP) is 1.97. The Morgan fingerprint density at radius 3 is 2.44 bits per heavy atom. The van der Waals surface area contributed by atoms with Crippen LogP contribution in [0.2, 0.25) is 0 Å². The molecule has 106 valence electrons. The molecule has 0 aromatic carbocycles. The molecule has 0 bridgehead atoms. The minimum atomic E-state index is -0.734. The number of ether oxygens (including phenoxy) is 1. The van der Waals surface area contributed by atoms with Gasteiger partial charge >= 0.3 is 0 Å². The van der Waals surface area contributed by atoms with Crippen LogP contribution in [0.15, 0.2) is 0 Å². The minimum Gasteiger partial charge on any atom is -0.376 e. The summed E-state index contributed by atoms with van der Waals surface area (Å²) in [4.78, 5) is 11.5. The number of hydrogen-bond donors (Lipinski definition) is 2. The van der Waals surface area contributed by atoms with Crippen LogP contribution in [0.25, 0.3) is 0 Å². The van der Waals surface area contributed by atoms with Crippen molar-refractivity contribution in [1.29, 1.82) is 0 Å². The minimum absolute atomic E-state index is 0.301. The summed E-state index contributed by atoms with van der Waals surface area (Å²) in [5, 5.41) is 3.20. The number of nitrogens with one attached hydrogen (secondary N) is 1. The normalized spacial score (nSPS) is 21.2. The smallest absolute Gasteiger partial charge is 0.239 e. The summed E-state index contributed by atoms with van der Waals surface area (Å²) >= 11 is 0. The van der Waals surface area contributed by atoms with Crippen LogP contribution in [-0.4, -0.2) is 30.7 Å². The third-order valence-electron chi connectivity index (χ3n) is 3.72. The van der Waals surface area contributed by atoms with Gasteiger partial charge in [0, 0.05) is 0 Å². The van der Waals surface area contributed by atoms with E-state index in [9.17, 15) is 4.79 Å². The first kappa shape index (κ1) is 15.4. The Morgan fingerprint density at radius 1 is 1.33 bits per heavy atom. The SMILES string of the molecule is CCCNC(C)(COC1CCCCCC1)C(N)=O. The molecule has 18 heavy (non-hydrogen) atoms. The first-order valence-corrected chi connectivity index (χ1v) is 7.25. The van der Waals surface area contributed by atoms with Crippen molar-refractivity contribution in [3.8, 4) is 0 Å². The van der Waals surface area contributed by atoms with E-state index in [1.807, 2.05) is 6.92 Å². The van der Waals surface area contributed by atoms with E-state index in [4.69, 9.17) is 10.5 Å². The maximum absolute atomic E-state index is 11.5. The summed E-state index contributed by atoms with van der Waals surface area (Å²) in [6.45, 7) is 5.07. The number of amides is 1. The van der Waals surface area contributed by atoms with Gasteiger partial charge in [-0.15, -0.1) is 0 Å². The van der Waals surface area contributed by atoms with E-state index >= 15 is 0 Å². The summed E-state index contributed by atoms with van der Waals surface area (Å²) in [6.07, 6.45) is 8.59. The summed E-state index contributed by atoms with van der Waals surface area (Å²) in [7, 11) is 0. The van der Waals surface area contributed by atoms with Crippen molar-refractivity contribution in [1.82, 2.24) is 5.32 Å². The second-order valence-electron chi connectivity index (χ2n) is 5.55. The molecule has 0 aromatic heterocycles. The number of carbonyl (C=O) groups excluding carboxylic acids is 1. The Labute approximate surface area is 111 Å². The summed E-state index contributed by atoms with van der Waals surface area (Å²) < 4.78 is 5.92. The van der Waals surface area contributed by atoms with Gasteiger partial charge in [0.15, 0.2) is 0 Å². The molecular formula is C14H28N2O2. The molecule has 0 spiro atoms. The van der Waals surface area contributed by atoms with E-state index in [-0.39, 0.29) is 5.91 Å². The quantitative estimate of drug-likeness (QED) is 0.684. The molecule has 1 aliphatic carbocycles. The highest BCUT2D eigenvalue weighted by Crippen LogP contribution is 2.20. The zero-order chi connectivity index (χ0) is 13.4. The van der Waals surface area contributed by atoms with E-state index < -0.39 is 5.54 Å².